The highest BCUT2D eigenvalue weighted by atomic mass is 19.2. The normalized spacial score (nSPS) is 10.3. The summed E-state index contributed by atoms with van der Waals surface area (Å²) in [4.78, 5) is 0. The zero-order chi connectivity index (χ0) is 12.4. The topological polar surface area (TPSA) is 0 Å². The molecule has 0 radical (unpaired) electrons. The van der Waals surface area contributed by atoms with E-state index in [-0.39, 0.29) is 0 Å². The molecule has 0 nitrogen and oxygen atoms in total. The molecule has 0 unspecified atom stereocenters. The van der Waals surface area contributed by atoms with E-state index in [1.54, 1.807) is 30.3 Å². The van der Waals surface area contributed by atoms with Crippen LogP contribution in [0.15, 0.2) is 43.0 Å². The number of rotatable bonds is 2. The van der Waals surface area contributed by atoms with E-state index in [1.807, 2.05) is 0 Å². The van der Waals surface area contributed by atoms with Crippen LogP contribution in [0.4, 0.5) is 13.2 Å². The second-order valence-corrected chi connectivity index (χ2v) is 3.58. The zero-order valence-corrected chi connectivity index (χ0v) is 8.88. The van der Waals surface area contributed by atoms with E-state index < -0.39 is 17.5 Å². The summed E-state index contributed by atoms with van der Waals surface area (Å²) in [5.74, 6) is -3.82. The van der Waals surface area contributed by atoms with E-state index in [4.69, 9.17) is 0 Å². The Morgan fingerprint density at radius 1 is 0.824 bits per heavy atom. The van der Waals surface area contributed by atoms with Gasteiger partial charge in [0.1, 0.15) is 0 Å². The highest BCUT2D eigenvalue weighted by Gasteiger charge is 2.11. The van der Waals surface area contributed by atoms with Crippen molar-refractivity contribution in [3.8, 4) is 11.1 Å². The van der Waals surface area contributed by atoms with Crippen LogP contribution in [0, 0.1) is 17.5 Å². The maximum absolute atomic E-state index is 13.0. The van der Waals surface area contributed by atoms with Crippen LogP contribution in [0.5, 0.6) is 0 Å². The summed E-state index contributed by atoms with van der Waals surface area (Å²) in [5, 5.41) is 0. The van der Waals surface area contributed by atoms with Crippen molar-refractivity contribution in [2.24, 2.45) is 0 Å². The first-order valence-corrected chi connectivity index (χ1v) is 4.99. The molecule has 86 valence electrons. The van der Waals surface area contributed by atoms with Gasteiger partial charge in [-0.25, -0.2) is 13.2 Å². The first-order valence-electron chi connectivity index (χ1n) is 4.99. The van der Waals surface area contributed by atoms with Crippen molar-refractivity contribution in [1.82, 2.24) is 0 Å². The Hall–Kier alpha value is -2.03. The fraction of sp³-hybridized carbons (Fsp3) is 0. The standard InChI is InChI=1S/C14H9F3/c1-2-9-3-5-10(6-4-9)11-7-12(15)14(17)13(16)8-11/h2-8H,1H2. The van der Waals surface area contributed by atoms with Gasteiger partial charge in [0.15, 0.2) is 17.5 Å². The van der Waals surface area contributed by atoms with Crippen LogP contribution in [-0.4, -0.2) is 0 Å². The molecule has 0 amide bonds. The molecule has 0 fully saturated rings. The Morgan fingerprint density at radius 3 is 1.82 bits per heavy atom. The van der Waals surface area contributed by atoms with Gasteiger partial charge in [-0.1, -0.05) is 36.9 Å². The summed E-state index contributed by atoms with van der Waals surface area (Å²) in [7, 11) is 0. The van der Waals surface area contributed by atoms with Gasteiger partial charge in [-0.3, -0.25) is 0 Å². The SMILES string of the molecule is C=Cc1ccc(-c2cc(F)c(F)c(F)c2)cc1. The second kappa shape index (κ2) is 4.45. The Kier molecular flexibility index (Phi) is 3.00. The van der Waals surface area contributed by atoms with Gasteiger partial charge >= 0.3 is 0 Å². The molecule has 0 aliphatic carbocycles. The van der Waals surface area contributed by atoms with E-state index in [2.05, 4.69) is 6.58 Å². The number of hydrogen-bond donors (Lipinski definition) is 0. The molecule has 3 heteroatoms. The van der Waals surface area contributed by atoms with Gasteiger partial charge in [0.25, 0.3) is 0 Å². The third kappa shape index (κ3) is 2.23. The van der Waals surface area contributed by atoms with Crippen molar-refractivity contribution < 1.29 is 13.2 Å². The predicted octanol–water partition coefficient (Wildman–Crippen LogP) is 4.41. The summed E-state index contributed by atoms with van der Waals surface area (Å²) >= 11 is 0. The molecule has 2 rings (SSSR count). The zero-order valence-electron chi connectivity index (χ0n) is 8.88. The van der Waals surface area contributed by atoms with Gasteiger partial charge in [-0.15, -0.1) is 0 Å². The Morgan fingerprint density at radius 2 is 1.35 bits per heavy atom. The Labute approximate surface area is 97.0 Å². The lowest BCUT2D eigenvalue weighted by atomic mass is 10.0. The summed E-state index contributed by atoms with van der Waals surface area (Å²) < 4.78 is 38.9. The molecule has 0 aliphatic heterocycles. The highest BCUT2D eigenvalue weighted by molar-refractivity contribution is 5.65. The third-order valence-corrected chi connectivity index (χ3v) is 2.46. The van der Waals surface area contributed by atoms with Crippen molar-refractivity contribution >= 4 is 6.08 Å². The molecule has 0 spiro atoms. The lowest BCUT2D eigenvalue weighted by Gasteiger charge is -2.04. The fourth-order valence-electron chi connectivity index (χ4n) is 1.53. The molecular weight excluding hydrogens is 225 g/mol. The van der Waals surface area contributed by atoms with Crippen molar-refractivity contribution in [3.63, 3.8) is 0 Å². The second-order valence-electron chi connectivity index (χ2n) is 3.58. The highest BCUT2D eigenvalue weighted by Crippen LogP contribution is 2.24. The molecule has 0 aliphatic rings. The van der Waals surface area contributed by atoms with Crippen molar-refractivity contribution in [3.05, 3.63) is 66.0 Å². The lowest BCUT2D eigenvalue weighted by Crippen LogP contribution is -1.91. The molecule has 0 saturated heterocycles. The lowest BCUT2D eigenvalue weighted by molar-refractivity contribution is 0.448. The minimum absolute atomic E-state index is 0.303. The number of benzene rings is 2. The quantitative estimate of drug-likeness (QED) is 0.675. The molecule has 0 atom stereocenters. The van der Waals surface area contributed by atoms with Gasteiger partial charge in [0.05, 0.1) is 0 Å². The molecule has 0 saturated carbocycles. The van der Waals surface area contributed by atoms with Gasteiger partial charge in [-0.2, -0.15) is 0 Å². The van der Waals surface area contributed by atoms with Gasteiger partial charge < -0.3 is 0 Å². The summed E-state index contributed by atoms with van der Waals surface area (Å²) in [5.41, 5.74) is 1.82. The minimum atomic E-state index is -1.45. The van der Waals surface area contributed by atoms with E-state index in [1.165, 1.54) is 0 Å². The first-order chi connectivity index (χ1) is 8.11. The van der Waals surface area contributed by atoms with E-state index in [0.717, 1.165) is 17.7 Å². The van der Waals surface area contributed by atoms with Crippen LogP contribution >= 0.6 is 0 Å². The van der Waals surface area contributed by atoms with Crippen molar-refractivity contribution in [2.75, 3.05) is 0 Å². The summed E-state index contributed by atoms with van der Waals surface area (Å²) in [6, 6.07) is 8.87. The van der Waals surface area contributed by atoms with Crippen molar-refractivity contribution in [1.29, 1.82) is 0 Å². The third-order valence-electron chi connectivity index (χ3n) is 2.46. The monoisotopic (exact) mass is 234 g/mol. The molecule has 0 aromatic heterocycles. The molecular formula is C14H9F3. The number of halogens is 3. The molecule has 2 aromatic carbocycles. The molecule has 0 bridgehead atoms. The fourth-order valence-corrected chi connectivity index (χ4v) is 1.53. The van der Waals surface area contributed by atoms with E-state index in [0.29, 0.717) is 11.1 Å². The van der Waals surface area contributed by atoms with Crippen LogP contribution in [0.3, 0.4) is 0 Å². The average molecular weight is 234 g/mol. The molecule has 17 heavy (non-hydrogen) atoms. The first kappa shape index (κ1) is 11.5. The Balaban J connectivity index is 2.49. The molecule has 0 N–H and O–H groups in total. The van der Waals surface area contributed by atoms with Gasteiger partial charge in [0, 0.05) is 0 Å². The van der Waals surface area contributed by atoms with E-state index >= 15 is 0 Å². The maximum Gasteiger partial charge on any atom is 0.194 e. The van der Waals surface area contributed by atoms with Gasteiger partial charge in [-0.05, 0) is 28.8 Å². The van der Waals surface area contributed by atoms with Crippen LogP contribution in [0.25, 0.3) is 17.2 Å². The summed E-state index contributed by atoms with van der Waals surface area (Å²) in [6.45, 7) is 3.60. The minimum Gasteiger partial charge on any atom is -0.204 e. The Bertz CT molecular complexity index is 533. The van der Waals surface area contributed by atoms with Crippen LogP contribution in [0.1, 0.15) is 5.56 Å². The van der Waals surface area contributed by atoms with Crippen LogP contribution in [0.2, 0.25) is 0 Å². The number of hydrogen-bond acceptors (Lipinski definition) is 0. The summed E-state index contributed by atoms with van der Waals surface area (Å²) in [6.07, 6.45) is 1.66. The molecule has 2 aromatic rings. The van der Waals surface area contributed by atoms with Crippen LogP contribution < -0.4 is 0 Å². The van der Waals surface area contributed by atoms with Gasteiger partial charge in [0.2, 0.25) is 0 Å². The van der Waals surface area contributed by atoms with E-state index in [9.17, 15) is 13.2 Å². The average Bonchev–Trinajstić information content (AvgIpc) is 2.35. The van der Waals surface area contributed by atoms with Crippen molar-refractivity contribution in [2.45, 2.75) is 0 Å². The van der Waals surface area contributed by atoms with Crippen LogP contribution in [-0.2, 0) is 0 Å². The maximum atomic E-state index is 13.0. The largest absolute Gasteiger partial charge is 0.204 e. The predicted molar refractivity (Wildman–Crippen MR) is 61.8 cm³/mol. The smallest absolute Gasteiger partial charge is 0.194 e. The molecule has 0 heterocycles.